The van der Waals surface area contributed by atoms with Gasteiger partial charge in [-0.25, -0.2) is 0 Å². The lowest BCUT2D eigenvalue weighted by atomic mass is 10.0. The highest BCUT2D eigenvalue weighted by Gasteiger charge is 2.19. The summed E-state index contributed by atoms with van der Waals surface area (Å²) in [4.78, 5) is 0. The Kier molecular flexibility index (Phi) is 12.5. The maximum atomic E-state index is 9.50. The molecule has 0 bridgehead atoms. The molecule has 0 spiro atoms. The first-order valence-electron chi connectivity index (χ1n) is 31.8. The fraction of sp³-hybridized carbons (Fsp3) is 0.0114. The Morgan fingerprint density at radius 3 is 1.08 bits per heavy atom. The highest BCUT2D eigenvalue weighted by molar-refractivity contribution is 6.14. The molecule has 4 heterocycles. The van der Waals surface area contributed by atoms with E-state index in [1.54, 1.807) is 0 Å². The van der Waals surface area contributed by atoms with Crippen LogP contribution < -0.4 is 0 Å². The normalized spacial score (nSPS) is 11.7. The summed E-state index contributed by atoms with van der Waals surface area (Å²) in [6.45, 7) is 2.16. The Labute approximate surface area is 537 Å². The smallest absolute Gasteiger partial charge is 0.0991 e. The molecule has 5 nitrogen and oxygen atoms in total. The summed E-state index contributed by atoms with van der Waals surface area (Å²) in [7, 11) is 0. The standard InChI is InChI=1S/C47H32N2.C41H25N3/c1-31-14-26-46-42(28-31)40-10-4-6-12-44(40)48(46)38-24-19-34(20-25-38)37-21-27-47-43(30-37)41-11-5-7-13-45(41)49(47)39-22-17-33(18-23-39)36-16-15-32-8-2-3-9-35(32)29-36;42-26-27-16-22-40-35(24-27)33-11-3-5-13-38(33)43(40)31-20-17-28(18-21-31)30-19-23-41-36(25-30)34-12-4-6-14-39(34)44(41)37-15-7-9-29-8-1-2-10-32(29)37/h2-30H,1H3;1-25H. The fourth-order valence-corrected chi connectivity index (χ4v) is 14.7. The first-order chi connectivity index (χ1) is 46.0. The van der Waals surface area contributed by atoms with Crippen LogP contribution in [0.4, 0.5) is 0 Å². The molecule has 0 saturated heterocycles. The van der Waals surface area contributed by atoms with Gasteiger partial charge in [0.05, 0.1) is 61.5 Å². The van der Waals surface area contributed by atoms with E-state index in [2.05, 4.69) is 347 Å². The lowest BCUT2D eigenvalue weighted by molar-refractivity contribution is 1.18. The van der Waals surface area contributed by atoms with Crippen molar-refractivity contribution in [3.05, 3.63) is 339 Å². The molecular formula is C88H57N5. The second-order valence-electron chi connectivity index (χ2n) is 24.4. The van der Waals surface area contributed by atoms with Crippen molar-refractivity contribution in [2.45, 2.75) is 6.92 Å². The molecular weight excluding hydrogens is 1130 g/mol. The fourth-order valence-electron chi connectivity index (χ4n) is 14.7. The molecule has 0 aliphatic carbocycles. The zero-order chi connectivity index (χ0) is 61.7. The van der Waals surface area contributed by atoms with E-state index in [1.807, 2.05) is 12.1 Å². The number of fused-ring (bicyclic) bond motifs is 14. The molecule has 0 radical (unpaired) electrons. The third-order valence-corrected chi connectivity index (χ3v) is 19.1. The van der Waals surface area contributed by atoms with Gasteiger partial charge in [-0.1, -0.05) is 206 Å². The van der Waals surface area contributed by atoms with Crippen molar-refractivity contribution in [1.82, 2.24) is 18.3 Å². The number of aromatic nitrogens is 4. The molecule has 5 heteroatoms. The van der Waals surface area contributed by atoms with E-state index >= 15 is 0 Å². The number of rotatable bonds is 7. The molecule has 0 unspecified atom stereocenters. The van der Waals surface area contributed by atoms with Crippen LogP contribution in [0.25, 0.3) is 165 Å². The molecule has 0 saturated carbocycles. The highest BCUT2D eigenvalue weighted by Crippen LogP contribution is 2.41. The van der Waals surface area contributed by atoms with E-state index in [0.29, 0.717) is 5.56 Å². The summed E-state index contributed by atoms with van der Waals surface area (Å²) in [6.07, 6.45) is 0. The van der Waals surface area contributed by atoms with Crippen LogP contribution >= 0.6 is 0 Å². The van der Waals surface area contributed by atoms with E-state index < -0.39 is 0 Å². The second-order valence-corrected chi connectivity index (χ2v) is 24.4. The van der Waals surface area contributed by atoms with E-state index in [1.165, 1.54) is 137 Å². The average Bonchev–Trinajstić information content (AvgIpc) is 1.63. The lowest BCUT2D eigenvalue weighted by Crippen LogP contribution is -1.95. The first-order valence-corrected chi connectivity index (χ1v) is 31.8. The second kappa shape index (κ2) is 21.6. The predicted molar refractivity (Wildman–Crippen MR) is 391 cm³/mol. The molecule has 0 amide bonds. The van der Waals surface area contributed by atoms with Crippen LogP contribution in [0.5, 0.6) is 0 Å². The van der Waals surface area contributed by atoms with Gasteiger partial charge in [0.25, 0.3) is 0 Å². The number of hydrogen-bond donors (Lipinski definition) is 0. The van der Waals surface area contributed by atoms with Gasteiger partial charge in [0.1, 0.15) is 0 Å². The van der Waals surface area contributed by atoms with Gasteiger partial charge >= 0.3 is 0 Å². The Hall–Kier alpha value is -12.5. The van der Waals surface area contributed by atoms with Gasteiger partial charge in [-0.2, -0.15) is 5.26 Å². The number of aryl methyl sites for hydroxylation is 1. The first kappa shape index (κ1) is 53.5. The molecule has 0 N–H and O–H groups in total. The summed E-state index contributed by atoms with van der Waals surface area (Å²) in [5, 5.41) is 24.3. The maximum Gasteiger partial charge on any atom is 0.0991 e. The third-order valence-electron chi connectivity index (χ3n) is 19.1. The number of para-hydroxylation sites is 4. The van der Waals surface area contributed by atoms with Crippen molar-refractivity contribution in [3.8, 4) is 62.2 Å². The van der Waals surface area contributed by atoms with Gasteiger partial charge < -0.3 is 18.3 Å². The van der Waals surface area contributed by atoms with E-state index in [0.717, 1.165) is 33.2 Å². The third kappa shape index (κ3) is 8.84. The number of benzene rings is 15. The molecule has 0 atom stereocenters. The Balaban J connectivity index is 0.000000138. The van der Waals surface area contributed by atoms with Crippen molar-refractivity contribution in [3.63, 3.8) is 0 Å². The van der Waals surface area contributed by atoms with Crippen molar-refractivity contribution >= 4 is 109 Å². The predicted octanol–water partition coefficient (Wildman–Crippen LogP) is 23.2. The lowest BCUT2D eigenvalue weighted by Gasteiger charge is -2.12. The average molecular weight is 1180 g/mol. The zero-order valence-electron chi connectivity index (χ0n) is 50.9. The zero-order valence-corrected chi connectivity index (χ0v) is 50.9. The van der Waals surface area contributed by atoms with E-state index in [9.17, 15) is 5.26 Å². The minimum atomic E-state index is 0.674. The molecule has 4 aromatic heterocycles. The summed E-state index contributed by atoms with van der Waals surface area (Å²) in [5.74, 6) is 0. The van der Waals surface area contributed by atoms with E-state index in [-0.39, 0.29) is 0 Å². The molecule has 19 aromatic rings. The van der Waals surface area contributed by atoms with Crippen molar-refractivity contribution in [2.24, 2.45) is 0 Å². The number of nitrogens with zero attached hydrogens (tertiary/aromatic N) is 5. The largest absolute Gasteiger partial charge is 0.309 e. The van der Waals surface area contributed by atoms with Crippen LogP contribution in [0.3, 0.4) is 0 Å². The minimum Gasteiger partial charge on any atom is -0.309 e. The Morgan fingerprint density at radius 1 is 0.226 bits per heavy atom. The number of nitriles is 1. The summed E-state index contributed by atoms with van der Waals surface area (Å²) in [6, 6.07) is 121. The van der Waals surface area contributed by atoms with Gasteiger partial charge in [-0.05, 0) is 184 Å². The van der Waals surface area contributed by atoms with Crippen LogP contribution in [0, 0.1) is 18.3 Å². The Bertz CT molecular complexity index is 6240. The quantitative estimate of drug-likeness (QED) is 0.157. The minimum absolute atomic E-state index is 0.674. The molecule has 0 fully saturated rings. The van der Waals surface area contributed by atoms with Crippen molar-refractivity contribution < 1.29 is 0 Å². The summed E-state index contributed by atoms with van der Waals surface area (Å²) in [5.41, 5.74) is 23.3. The van der Waals surface area contributed by atoms with Crippen LogP contribution in [-0.2, 0) is 0 Å². The van der Waals surface area contributed by atoms with Gasteiger partial charge in [0.15, 0.2) is 0 Å². The topological polar surface area (TPSA) is 43.5 Å². The molecule has 19 rings (SSSR count). The van der Waals surface area contributed by atoms with Gasteiger partial charge in [0.2, 0.25) is 0 Å². The molecule has 93 heavy (non-hydrogen) atoms. The molecule has 0 aliphatic rings. The Morgan fingerprint density at radius 2 is 0.570 bits per heavy atom. The van der Waals surface area contributed by atoms with Crippen molar-refractivity contribution in [1.29, 1.82) is 5.26 Å². The maximum absolute atomic E-state index is 9.50. The van der Waals surface area contributed by atoms with E-state index in [4.69, 9.17) is 0 Å². The summed E-state index contributed by atoms with van der Waals surface area (Å²) < 4.78 is 9.47. The SMILES string of the molecule is Cc1ccc2c(c1)c1ccccc1n2-c1ccc(-c2ccc3c(c2)c2ccccc2n3-c2ccc(-c3ccc4ccccc4c3)cc2)cc1.N#Cc1ccc2c(c1)c1ccccc1n2-c1ccc(-c2ccc3c(c2)c2ccccc2n3-c2cccc3ccccc23)cc1. The van der Waals surface area contributed by atoms with Gasteiger partial charge in [0, 0.05) is 65.5 Å². The summed E-state index contributed by atoms with van der Waals surface area (Å²) >= 11 is 0. The molecule has 0 aliphatic heterocycles. The highest BCUT2D eigenvalue weighted by atomic mass is 15.0. The van der Waals surface area contributed by atoms with Crippen LogP contribution in [-0.4, -0.2) is 18.3 Å². The van der Waals surface area contributed by atoms with Crippen molar-refractivity contribution in [2.75, 3.05) is 0 Å². The van der Waals surface area contributed by atoms with Crippen LogP contribution in [0.2, 0.25) is 0 Å². The van der Waals surface area contributed by atoms with Gasteiger partial charge in [-0.3, -0.25) is 0 Å². The molecule has 434 valence electrons. The monoisotopic (exact) mass is 1180 g/mol. The van der Waals surface area contributed by atoms with Gasteiger partial charge in [-0.15, -0.1) is 0 Å². The van der Waals surface area contributed by atoms with Crippen LogP contribution in [0.1, 0.15) is 11.1 Å². The van der Waals surface area contributed by atoms with Crippen LogP contribution in [0.15, 0.2) is 328 Å². The molecule has 15 aromatic carbocycles. The number of hydrogen-bond acceptors (Lipinski definition) is 1.